The highest BCUT2D eigenvalue weighted by Gasteiger charge is 2.35. The van der Waals surface area contributed by atoms with E-state index in [4.69, 9.17) is 0 Å². The number of carbonyl (C=O) groups excluding carboxylic acids is 1. The number of hydrogen-bond acceptors (Lipinski definition) is 7. The number of ketones is 1. The molecule has 0 bridgehead atoms. The first-order chi connectivity index (χ1) is 10.3. The first-order valence-corrected chi connectivity index (χ1v) is 7.25. The van der Waals surface area contributed by atoms with E-state index < -0.39 is 42.1 Å². The minimum Gasteiger partial charge on any atom is -0.504 e. The van der Waals surface area contributed by atoms with E-state index >= 15 is 0 Å². The number of rotatable bonds is 4. The summed E-state index contributed by atoms with van der Waals surface area (Å²) in [6, 6.07) is 8.73. The molecule has 0 saturated heterocycles. The second-order valence-electron chi connectivity index (χ2n) is 4.20. The lowest BCUT2D eigenvalue weighted by Gasteiger charge is -2.09. The van der Waals surface area contributed by atoms with Crippen molar-refractivity contribution in [3.05, 3.63) is 63.7 Å². The maximum atomic E-state index is 12.4. The van der Waals surface area contributed by atoms with Gasteiger partial charge < -0.3 is 10.2 Å². The second kappa shape index (κ2) is 5.45. The maximum Gasteiger partial charge on any atom is 0.449 e. The Morgan fingerprint density at radius 2 is 1.64 bits per heavy atom. The fourth-order valence-corrected chi connectivity index (χ4v) is 2.66. The lowest BCUT2D eigenvalue weighted by molar-refractivity contribution is -0.305. The van der Waals surface area contributed by atoms with Gasteiger partial charge in [0.15, 0.2) is 26.5 Å². The van der Waals surface area contributed by atoms with Gasteiger partial charge in [0.2, 0.25) is 0 Å². The molecule has 2 N–H and O–H groups in total. The van der Waals surface area contributed by atoms with Crippen molar-refractivity contribution in [2.24, 2.45) is 0 Å². The number of nitro groups is 1. The highest BCUT2D eigenvalue weighted by atomic mass is 32.2. The molecule has 0 atom stereocenters. The molecule has 0 aliphatic heterocycles. The summed E-state index contributed by atoms with van der Waals surface area (Å²) in [4.78, 5) is 22.1. The van der Waals surface area contributed by atoms with Crippen molar-refractivity contribution in [2.45, 2.75) is 4.90 Å². The third-order valence-electron chi connectivity index (χ3n) is 2.86. The number of hydrogen-bond donors (Lipinski definition) is 2. The second-order valence-corrected chi connectivity index (χ2v) is 5.89. The van der Waals surface area contributed by atoms with Gasteiger partial charge >= 0.3 is 10.0 Å². The molecule has 0 amide bonds. The van der Waals surface area contributed by atoms with Crippen molar-refractivity contribution < 1.29 is 27.8 Å². The number of nitrogens with zero attached hydrogens (tertiary/aromatic N) is 1. The lowest BCUT2D eigenvalue weighted by Crippen LogP contribution is -2.17. The van der Waals surface area contributed by atoms with Gasteiger partial charge in [-0.3, -0.25) is 4.79 Å². The van der Waals surface area contributed by atoms with Gasteiger partial charge in [-0.1, -0.05) is 30.3 Å². The van der Waals surface area contributed by atoms with Crippen molar-refractivity contribution >= 4 is 15.8 Å². The van der Waals surface area contributed by atoms with Crippen molar-refractivity contribution in [1.29, 1.82) is 0 Å². The molecule has 0 saturated carbocycles. The molecule has 114 valence electrons. The number of aromatic hydroxyl groups is 2. The predicted molar refractivity (Wildman–Crippen MR) is 73.8 cm³/mol. The Morgan fingerprint density at radius 1 is 1.05 bits per heavy atom. The van der Waals surface area contributed by atoms with E-state index in [2.05, 4.69) is 0 Å². The van der Waals surface area contributed by atoms with Gasteiger partial charge in [-0.15, -0.1) is 0 Å². The molecule has 2 aromatic rings. The minimum atomic E-state index is -5.07. The summed E-state index contributed by atoms with van der Waals surface area (Å²) >= 11 is 0. The zero-order valence-corrected chi connectivity index (χ0v) is 11.6. The largest absolute Gasteiger partial charge is 0.504 e. The normalized spacial score (nSPS) is 11.1. The Balaban J connectivity index is 2.77. The summed E-state index contributed by atoms with van der Waals surface area (Å²) in [6.07, 6.45) is 0. The molecule has 0 heterocycles. The number of sulfonamides is 1. The molecule has 22 heavy (non-hydrogen) atoms. The van der Waals surface area contributed by atoms with Crippen LogP contribution in [0.3, 0.4) is 0 Å². The van der Waals surface area contributed by atoms with E-state index in [0.717, 1.165) is 6.07 Å². The minimum absolute atomic E-state index is 0.00296. The lowest BCUT2D eigenvalue weighted by atomic mass is 10.0. The zero-order chi connectivity index (χ0) is 16.5. The first-order valence-electron chi connectivity index (χ1n) is 5.81. The van der Waals surface area contributed by atoms with Crippen molar-refractivity contribution in [3.8, 4) is 11.5 Å². The van der Waals surface area contributed by atoms with Crippen LogP contribution in [0.15, 0.2) is 47.4 Å². The molecule has 2 aromatic carbocycles. The molecule has 0 fully saturated rings. The van der Waals surface area contributed by atoms with Gasteiger partial charge in [0.05, 0.1) is 5.56 Å². The van der Waals surface area contributed by atoms with E-state index in [1.54, 1.807) is 6.07 Å². The summed E-state index contributed by atoms with van der Waals surface area (Å²) < 4.78 is 21.8. The summed E-state index contributed by atoms with van der Waals surface area (Å²) in [5.41, 5.74) is -0.842. The van der Waals surface area contributed by atoms with E-state index in [0.29, 0.717) is 6.07 Å². The molecule has 0 aromatic heterocycles. The maximum absolute atomic E-state index is 12.4. The number of phenols is 2. The van der Waals surface area contributed by atoms with Gasteiger partial charge in [0, 0.05) is 5.56 Å². The molecular formula is C13H9NO7S. The van der Waals surface area contributed by atoms with Gasteiger partial charge in [-0.2, -0.15) is 8.42 Å². The van der Waals surface area contributed by atoms with E-state index in [9.17, 15) is 33.5 Å². The fourth-order valence-electron chi connectivity index (χ4n) is 1.81. The van der Waals surface area contributed by atoms with Crippen molar-refractivity contribution in [2.75, 3.05) is 0 Å². The third-order valence-corrected chi connectivity index (χ3v) is 4.14. The topological polar surface area (TPSA) is 135 Å². The average Bonchev–Trinajstić information content (AvgIpc) is 2.49. The molecule has 9 heteroatoms. The SMILES string of the molecule is O=C(c1ccccc1)c1c(S(=O)(=O)[N+](=O)[O-])ccc(O)c1O. The van der Waals surface area contributed by atoms with Crippen LogP contribution in [-0.4, -0.2) is 28.7 Å². The molecule has 2 rings (SSSR count). The summed E-state index contributed by atoms with van der Waals surface area (Å²) in [6.45, 7) is 0. The van der Waals surface area contributed by atoms with Crippen molar-refractivity contribution in [1.82, 2.24) is 0 Å². The molecular weight excluding hydrogens is 314 g/mol. The smallest absolute Gasteiger partial charge is 0.449 e. The monoisotopic (exact) mass is 323 g/mol. The van der Waals surface area contributed by atoms with E-state index in [1.807, 2.05) is 0 Å². The standard InChI is InChI=1S/C13H9NO7S/c15-9-6-7-10(22(20,21)14(18)19)11(13(9)17)12(16)8-4-2-1-3-5-8/h1-7,15,17H. The van der Waals surface area contributed by atoms with Crippen LogP contribution in [0.5, 0.6) is 11.5 Å². The predicted octanol–water partition coefficient (Wildman–Crippen LogP) is 1.29. The third kappa shape index (κ3) is 2.49. The molecule has 0 unspecified atom stereocenters. The summed E-state index contributed by atoms with van der Waals surface area (Å²) in [5, 5.41) is 29.9. The summed E-state index contributed by atoms with van der Waals surface area (Å²) in [7, 11) is -5.07. The van der Waals surface area contributed by atoms with Gasteiger partial charge in [-0.25, -0.2) is 10.1 Å². The van der Waals surface area contributed by atoms with E-state index in [1.165, 1.54) is 24.3 Å². The molecule has 0 spiro atoms. The Kier molecular flexibility index (Phi) is 3.83. The average molecular weight is 323 g/mol. The van der Waals surface area contributed by atoms with Crippen LogP contribution >= 0.6 is 0 Å². The molecule has 0 radical (unpaired) electrons. The summed E-state index contributed by atoms with van der Waals surface area (Å²) in [5.74, 6) is -2.76. The van der Waals surface area contributed by atoms with Gasteiger partial charge in [0.25, 0.3) is 0 Å². The van der Waals surface area contributed by atoms with Crippen LogP contribution in [0.2, 0.25) is 0 Å². The van der Waals surface area contributed by atoms with Gasteiger partial charge in [-0.05, 0) is 12.1 Å². The van der Waals surface area contributed by atoms with Crippen LogP contribution in [-0.2, 0) is 10.0 Å². The quantitative estimate of drug-likeness (QED) is 0.374. The van der Waals surface area contributed by atoms with Crippen LogP contribution < -0.4 is 0 Å². The van der Waals surface area contributed by atoms with Crippen LogP contribution in [0.1, 0.15) is 15.9 Å². The number of carbonyl (C=O) groups is 1. The first kappa shape index (κ1) is 15.4. The Labute approximate surface area is 124 Å². The van der Waals surface area contributed by atoms with Gasteiger partial charge in [0.1, 0.15) is 0 Å². The Hall–Kier alpha value is -2.94. The zero-order valence-electron chi connectivity index (χ0n) is 10.8. The number of benzene rings is 2. The highest BCUT2D eigenvalue weighted by molar-refractivity contribution is 7.85. The van der Waals surface area contributed by atoms with Crippen LogP contribution in [0, 0.1) is 10.1 Å². The van der Waals surface area contributed by atoms with E-state index in [-0.39, 0.29) is 5.56 Å². The molecule has 0 aliphatic rings. The Morgan fingerprint density at radius 3 is 2.18 bits per heavy atom. The van der Waals surface area contributed by atoms with Crippen molar-refractivity contribution in [3.63, 3.8) is 0 Å². The van der Waals surface area contributed by atoms with Crippen LogP contribution in [0.4, 0.5) is 0 Å². The fraction of sp³-hybridized carbons (Fsp3) is 0. The number of phenolic OH excluding ortho intramolecular Hbond substituents is 2. The molecule has 0 aliphatic carbocycles. The van der Waals surface area contributed by atoms with Crippen LogP contribution in [0.25, 0.3) is 0 Å². The Bertz CT molecular complexity index is 859. The molecule has 8 nitrogen and oxygen atoms in total. The highest BCUT2D eigenvalue weighted by Crippen LogP contribution is 2.35.